The lowest BCUT2D eigenvalue weighted by atomic mass is 10.2. The van der Waals surface area contributed by atoms with Gasteiger partial charge in [0.1, 0.15) is 9.88 Å². The maximum absolute atomic E-state index is 13.3. The van der Waals surface area contributed by atoms with E-state index in [2.05, 4.69) is 4.98 Å². The fraction of sp³-hybridized carbons (Fsp3) is 0. The van der Waals surface area contributed by atoms with Gasteiger partial charge in [0.15, 0.2) is 11.6 Å². The van der Waals surface area contributed by atoms with Gasteiger partial charge in [0.05, 0.1) is 6.20 Å². The number of carbonyl (C=O) groups is 1. The maximum atomic E-state index is 13.3. The summed E-state index contributed by atoms with van der Waals surface area (Å²) in [6.07, 6.45) is 1.12. The third kappa shape index (κ3) is 1.79. The number of carboxylic acids is 1. The van der Waals surface area contributed by atoms with Crippen LogP contribution in [0.25, 0.3) is 10.6 Å². The van der Waals surface area contributed by atoms with E-state index in [1.165, 1.54) is 12.1 Å². The number of aromatic nitrogens is 1. The number of carboxylic acid groups (broad SMARTS) is 1. The van der Waals surface area contributed by atoms with Crippen molar-refractivity contribution < 1.29 is 18.7 Å². The fourth-order valence-electron chi connectivity index (χ4n) is 1.17. The smallest absolute Gasteiger partial charge is 0.347 e. The number of halogens is 2. The molecule has 0 fully saturated rings. The lowest BCUT2D eigenvalue weighted by Gasteiger charge is -1.98. The number of nitrogens with zero attached hydrogens (tertiary/aromatic N) is 1. The Kier molecular flexibility index (Phi) is 2.66. The lowest BCUT2D eigenvalue weighted by molar-refractivity contribution is 0.0702. The molecule has 0 unspecified atom stereocenters. The highest BCUT2D eigenvalue weighted by atomic mass is 32.1. The molecule has 0 atom stereocenters. The third-order valence-electron chi connectivity index (χ3n) is 1.90. The molecule has 82 valence electrons. The molecule has 16 heavy (non-hydrogen) atoms. The number of aromatic carboxylic acids is 1. The molecule has 0 aliphatic carbocycles. The average Bonchev–Trinajstić information content (AvgIpc) is 2.71. The van der Waals surface area contributed by atoms with Crippen LogP contribution in [0, 0.1) is 11.6 Å². The van der Waals surface area contributed by atoms with E-state index in [1.807, 2.05) is 0 Å². The van der Waals surface area contributed by atoms with Gasteiger partial charge in [0.2, 0.25) is 0 Å². The first-order chi connectivity index (χ1) is 7.59. The first-order valence-corrected chi connectivity index (χ1v) is 5.04. The summed E-state index contributed by atoms with van der Waals surface area (Å²) in [7, 11) is 0. The highest BCUT2D eigenvalue weighted by Crippen LogP contribution is 2.28. The van der Waals surface area contributed by atoms with E-state index in [-0.39, 0.29) is 15.4 Å². The van der Waals surface area contributed by atoms with E-state index >= 15 is 0 Å². The Balaban J connectivity index is 2.50. The second-order valence-corrected chi connectivity index (χ2v) is 3.97. The monoisotopic (exact) mass is 241 g/mol. The molecule has 0 saturated carbocycles. The topological polar surface area (TPSA) is 50.2 Å². The van der Waals surface area contributed by atoms with Crippen molar-refractivity contribution in [2.75, 3.05) is 0 Å². The molecule has 3 nitrogen and oxygen atoms in total. The van der Waals surface area contributed by atoms with Crippen molar-refractivity contribution in [3.05, 3.63) is 40.9 Å². The van der Waals surface area contributed by atoms with Gasteiger partial charge in [-0.15, -0.1) is 11.3 Å². The maximum Gasteiger partial charge on any atom is 0.347 e. The quantitative estimate of drug-likeness (QED) is 0.879. The average molecular weight is 241 g/mol. The van der Waals surface area contributed by atoms with Gasteiger partial charge in [-0.25, -0.2) is 18.6 Å². The van der Waals surface area contributed by atoms with Crippen molar-refractivity contribution >= 4 is 17.3 Å². The van der Waals surface area contributed by atoms with Crippen LogP contribution in [0.2, 0.25) is 0 Å². The molecule has 1 aromatic heterocycles. The Labute approximate surface area is 93.0 Å². The van der Waals surface area contributed by atoms with Gasteiger partial charge in [0, 0.05) is 5.56 Å². The molecule has 0 aliphatic rings. The molecule has 0 aliphatic heterocycles. The van der Waals surface area contributed by atoms with E-state index in [4.69, 9.17) is 5.11 Å². The van der Waals surface area contributed by atoms with Crippen LogP contribution in [-0.4, -0.2) is 16.1 Å². The van der Waals surface area contributed by atoms with Crippen LogP contribution in [-0.2, 0) is 0 Å². The second-order valence-electron chi connectivity index (χ2n) is 2.94. The summed E-state index contributed by atoms with van der Waals surface area (Å²) >= 11 is 0.800. The Morgan fingerprint density at radius 3 is 2.75 bits per heavy atom. The third-order valence-corrected chi connectivity index (χ3v) is 2.92. The van der Waals surface area contributed by atoms with Gasteiger partial charge in [0.25, 0.3) is 0 Å². The highest BCUT2D eigenvalue weighted by molar-refractivity contribution is 7.16. The second kappa shape index (κ2) is 3.97. The van der Waals surface area contributed by atoms with Crippen LogP contribution < -0.4 is 0 Å². The fourth-order valence-corrected chi connectivity index (χ4v) is 1.94. The summed E-state index contributed by atoms with van der Waals surface area (Å²) in [5, 5.41) is 8.82. The SMILES string of the molecule is O=C(O)c1cnc(-c2cccc(F)c2F)s1. The molecule has 1 N–H and O–H groups in total. The molecule has 1 heterocycles. The Morgan fingerprint density at radius 2 is 2.12 bits per heavy atom. The van der Waals surface area contributed by atoms with Crippen LogP contribution in [0.1, 0.15) is 9.67 Å². The molecular weight excluding hydrogens is 236 g/mol. The van der Waals surface area contributed by atoms with E-state index < -0.39 is 17.6 Å². The normalized spacial score (nSPS) is 10.4. The standard InChI is InChI=1S/C10H5F2NO2S/c11-6-3-1-2-5(8(6)12)9-13-4-7(16-9)10(14)15/h1-4H,(H,14,15). The van der Waals surface area contributed by atoms with Crippen LogP contribution in [0.3, 0.4) is 0 Å². The summed E-state index contributed by atoms with van der Waals surface area (Å²) in [5.41, 5.74) is -0.0301. The van der Waals surface area contributed by atoms with E-state index in [9.17, 15) is 13.6 Å². The van der Waals surface area contributed by atoms with Crippen molar-refractivity contribution in [2.45, 2.75) is 0 Å². The van der Waals surface area contributed by atoms with Crippen LogP contribution >= 0.6 is 11.3 Å². The van der Waals surface area contributed by atoms with Gasteiger partial charge in [-0.3, -0.25) is 0 Å². The lowest BCUT2D eigenvalue weighted by Crippen LogP contribution is -1.89. The van der Waals surface area contributed by atoms with Crippen LogP contribution in [0.15, 0.2) is 24.4 Å². The number of hydrogen-bond acceptors (Lipinski definition) is 3. The predicted molar refractivity (Wildman–Crippen MR) is 54.4 cm³/mol. The highest BCUT2D eigenvalue weighted by Gasteiger charge is 2.15. The van der Waals surface area contributed by atoms with Crippen molar-refractivity contribution in [2.24, 2.45) is 0 Å². The zero-order valence-electron chi connectivity index (χ0n) is 7.78. The molecular formula is C10H5F2NO2S. The predicted octanol–water partition coefficient (Wildman–Crippen LogP) is 2.79. The van der Waals surface area contributed by atoms with Gasteiger partial charge in [-0.2, -0.15) is 0 Å². The van der Waals surface area contributed by atoms with E-state index in [0.29, 0.717) is 0 Å². The molecule has 0 saturated heterocycles. The van der Waals surface area contributed by atoms with Gasteiger partial charge >= 0.3 is 5.97 Å². The zero-order chi connectivity index (χ0) is 11.7. The van der Waals surface area contributed by atoms with Crippen molar-refractivity contribution in [1.82, 2.24) is 4.98 Å². The first-order valence-electron chi connectivity index (χ1n) is 4.23. The molecule has 2 aromatic rings. The van der Waals surface area contributed by atoms with Gasteiger partial charge < -0.3 is 5.11 Å². The molecule has 0 amide bonds. The molecule has 0 radical (unpaired) electrons. The minimum atomic E-state index is -1.14. The summed E-state index contributed by atoms with van der Waals surface area (Å²) in [6, 6.07) is 3.68. The first kappa shape index (κ1) is 10.7. The summed E-state index contributed by atoms with van der Waals surface area (Å²) in [5.74, 6) is -3.14. The van der Waals surface area contributed by atoms with Crippen molar-refractivity contribution in [3.63, 3.8) is 0 Å². The number of rotatable bonds is 2. The summed E-state index contributed by atoms with van der Waals surface area (Å²) in [4.78, 5) is 14.3. The molecule has 0 spiro atoms. The van der Waals surface area contributed by atoms with Crippen molar-refractivity contribution in [1.29, 1.82) is 0 Å². The Morgan fingerprint density at radius 1 is 1.38 bits per heavy atom. The van der Waals surface area contributed by atoms with Crippen LogP contribution in [0.5, 0.6) is 0 Å². The largest absolute Gasteiger partial charge is 0.477 e. The number of hydrogen-bond donors (Lipinski definition) is 1. The molecule has 1 aromatic carbocycles. The molecule has 6 heteroatoms. The number of benzene rings is 1. The summed E-state index contributed by atoms with van der Waals surface area (Å²) < 4.78 is 26.3. The van der Waals surface area contributed by atoms with E-state index in [1.54, 1.807) is 0 Å². The zero-order valence-corrected chi connectivity index (χ0v) is 8.59. The van der Waals surface area contributed by atoms with Gasteiger partial charge in [-0.05, 0) is 12.1 Å². The Bertz CT molecular complexity index is 554. The number of thiazole rings is 1. The minimum Gasteiger partial charge on any atom is -0.477 e. The summed E-state index contributed by atoms with van der Waals surface area (Å²) in [6.45, 7) is 0. The van der Waals surface area contributed by atoms with E-state index in [0.717, 1.165) is 23.6 Å². The Hall–Kier alpha value is -1.82. The van der Waals surface area contributed by atoms with Gasteiger partial charge in [-0.1, -0.05) is 6.07 Å². The minimum absolute atomic E-state index is 0.0151. The molecule has 2 rings (SSSR count). The molecule has 0 bridgehead atoms. The van der Waals surface area contributed by atoms with Crippen molar-refractivity contribution in [3.8, 4) is 10.6 Å². The van der Waals surface area contributed by atoms with Crippen LogP contribution in [0.4, 0.5) is 8.78 Å².